The Bertz CT molecular complexity index is 516. The summed E-state index contributed by atoms with van der Waals surface area (Å²) < 4.78 is 6.57. The normalized spacial score (nSPS) is 10.2. The highest BCUT2D eigenvalue weighted by Crippen LogP contribution is 2.23. The first kappa shape index (κ1) is 11.3. The van der Waals surface area contributed by atoms with Crippen LogP contribution in [0.1, 0.15) is 11.4 Å². The quantitative estimate of drug-likeness (QED) is 0.796. The fourth-order valence-electron chi connectivity index (χ4n) is 1.11. The molecule has 4 nitrogen and oxygen atoms in total. The second kappa shape index (κ2) is 4.73. The lowest BCUT2D eigenvalue weighted by molar-refractivity contribution is 0.427. The van der Waals surface area contributed by atoms with Crippen LogP contribution in [0.4, 0.5) is 0 Å². The van der Waals surface area contributed by atoms with E-state index in [0.29, 0.717) is 0 Å². The van der Waals surface area contributed by atoms with Crippen LogP contribution in [0.2, 0.25) is 0 Å². The smallest absolute Gasteiger partial charge is 0.341 e. The van der Waals surface area contributed by atoms with Gasteiger partial charge in [0.15, 0.2) is 0 Å². The van der Waals surface area contributed by atoms with Crippen molar-refractivity contribution in [1.82, 2.24) is 15.2 Å². The number of para-hydroxylation sites is 1. The van der Waals surface area contributed by atoms with E-state index in [1.165, 1.54) is 0 Å². The molecule has 2 aromatic rings. The number of aromatic nitrogens is 3. The van der Waals surface area contributed by atoms with Gasteiger partial charge in [0, 0.05) is 0 Å². The number of ether oxygens (including phenoxy) is 1. The summed E-state index contributed by atoms with van der Waals surface area (Å²) in [7, 11) is 0. The number of benzene rings is 1. The van der Waals surface area contributed by atoms with Crippen LogP contribution < -0.4 is 4.74 Å². The van der Waals surface area contributed by atoms with Gasteiger partial charge in [-0.1, -0.05) is 17.2 Å². The molecule has 0 saturated heterocycles. The average Bonchev–Trinajstić information content (AvgIpc) is 2.27. The largest absolute Gasteiger partial charge is 0.422 e. The number of rotatable bonds is 2. The molecule has 16 heavy (non-hydrogen) atoms. The summed E-state index contributed by atoms with van der Waals surface area (Å²) >= 11 is 2.20. The zero-order valence-corrected chi connectivity index (χ0v) is 11.1. The Morgan fingerprint density at radius 3 is 2.50 bits per heavy atom. The number of hydrogen-bond donors (Lipinski definition) is 0. The monoisotopic (exact) mass is 327 g/mol. The molecule has 0 amide bonds. The Kier molecular flexibility index (Phi) is 3.33. The van der Waals surface area contributed by atoms with E-state index in [9.17, 15) is 0 Å². The summed E-state index contributed by atoms with van der Waals surface area (Å²) in [5.41, 5.74) is 1.64. The van der Waals surface area contributed by atoms with Crippen LogP contribution in [0.5, 0.6) is 11.8 Å². The lowest BCUT2D eigenvalue weighted by Gasteiger charge is -2.05. The van der Waals surface area contributed by atoms with E-state index in [2.05, 4.69) is 37.8 Å². The second-order valence-corrected chi connectivity index (χ2v) is 4.46. The molecule has 1 aromatic carbocycles. The van der Waals surface area contributed by atoms with Crippen molar-refractivity contribution in [1.29, 1.82) is 0 Å². The van der Waals surface area contributed by atoms with Gasteiger partial charge in [-0.25, -0.2) is 0 Å². The second-order valence-electron chi connectivity index (χ2n) is 3.30. The molecule has 2 rings (SSSR count). The number of hydrogen-bond acceptors (Lipinski definition) is 4. The van der Waals surface area contributed by atoms with Gasteiger partial charge in [-0.05, 0) is 48.6 Å². The molecule has 0 saturated carbocycles. The van der Waals surface area contributed by atoms with Gasteiger partial charge in [-0.15, -0.1) is 5.10 Å². The molecule has 0 unspecified atom stereocenters. The maximum atomic E-state index is 5.55. The average molecular weight is 327 g/mol. The van der Waals surface area contributed by atoms with Crippen LogP contribution in [0.15, 0.2) is 24.3 Å². The molecule has 0 atom stereocenters. The molecule has 5 heteroatoms. The van der Waals surface area contributed by atoms with Crippen molar-refractivity contribution >= 4 is 22.6 Å². The Balaban J connectivity index is 2.28. The molecule has 0 aliphatic heterocycles. The van der Waals surface area contributed by atoms with Gasteiger partial charge < -0.3 is 4.74 Å². The molecule has 1 heterocycles. The summed E-state index contributed by atoms with van der Waals surface area (Å²) in [5, 5.41) is 7.85. The summed E-state index contributed by atoms with van der Waals surface area (Å²) in [6.45, 7) is 3.75. The van der Waals surface area contributed by atoms with E-state index in [1.54, 1.807) is 0 Å². The standard InChI is InChI=1S/C11H10IN3O/c1-7-8(2)14-15-11(13-7)16-10-6-4-3-5-9(10)12/h3-6H,1-2H3. The van der Waals surface area contributed by atoms with Crippen LogP contribution in [-0.2, 0) is 0 Å². The van der Waals surface area contributed by atoms with Crippen molar-refractivity contribution in [2.75, 3.05) is 0 Å². The van der Waals surface area contributed by atoms with Crippen molar-refractivity contribution in [2.24, 2.45) is 0 Å². The van der Waals surface area contributed by atoms with E-state index in [0.717, 1.165) is 20.7 Å². The predicted octanol–water partition coefficient (Wildman–Crippen LogP) is 2.89. The van der Waals surface area contributed by atoms with Gasteiger partial charge in [0.1, 0.15) is 5.75 Å². The fraction of sp³-hybridized carbons (Fsp3) is 0.182. The molecule has 0 aliphatic carbocycles. The molecular formula is C11H10IN3O. The summed E-state index contributed by atoms with van der Waals surface area (Å²) in [4.78, 5) is 4.21. The molecular weight excluding hydrogens is 317 g/mol. The molecule has 82 valence electrons. The highest BCUT2D eigenvalue weighted by molar-refractivity contribution is 14.1. The molecule has 0 spiro atoms. The van der Waals surface area contributed by atoms with Gasteiger partial charge in [0.2, 0.25) is 0 Å². The van der Waals surface area contributed by atoms with Crippen molar-refractivity contribution in [3.8, 4) is 11.8 Å². The van der Waals surface area contributed by atoms with Crippen LogP contribution in [0, 0.1) is 17.4 Å². The van der Waals surface area contributed by atoms with E-state index < -0.39 is 0 Å². The zero-order chi connectivity index (χ0) is 11.5. The first-order chi connectivity index (χ1) is 7.66. The molecule has 0 aliphatic rings. The third kappa shape index (κ3) is 2.46. The van der Waals surface area contributed by atoms with Crippen LogP contribution in [-0.4, -0.2) is 15.2 Å². The van der Waals surface area contributed by atoms with Gasteiger partial charge in [0.25, 0.3) is 0 Å². The summed E-state index contributed by atoms with van der Waals surface area (Å²) in [6, 6.07) is 7.98. The maximum absolute atomic E-state index is 5.55. The molecule has 0 N–H and O–H groups in total. The Labute approximate surface area is 107 Å². The van der Waals surface area contributed by atoms with Gasteiger partial charge in [-0.2, -0.15) is 4.98 Å². The molecule has 0 bridgehead atoms. The Morgan fingerprint density at radius 1 is 1.06 bits per heavy atom. The van der Waals surface area contributed by atoms with Crippen molar-refractivity contribution in [3.05, 3.63) is 39.2 Å². The van der Waals surface area contributed by atoms with Gasteiger partial charge in [0.05, 0.1) is 15.0 Å². The third-order valence-electron chi connectivity index (χ3n) is 2.11. The Hall–Kier alpha value is -1.24. The van der Waals surface area contributed by atoms with Crippen LogP contribution >= 0.6 is 22.6 Å². The van der Waals surface area contributed by atoms with E-state index in [-0.39, 0.29) is 6.01 Å². The minimum atomic E-state index is 0.284. The summed E-state index contributed by atoms with van der Waals surface area (Å²) in [6.07, 6.45) is 0. The zero-order valence-electron chi connectivity index (χ0n) is 8.94. The Morgan fingerprint density at radius 2 is 1.81 bits per heavy atom. The highest BCUT2D eigenvalue weighted by Gasteiger charge is 2.06. The van der Waals surface area contributed by atoms with Gasteiger partial charge in [-0.3, -0.25) is 0 Å². The SMILES string of the molecule is Cc1nnc(Oc2ccccc2I)nc1C. The minimum Gasteiger partial charge on any atom is -0.422 e. The van der Waals surface area contributed by atoms with Crippen molar-refractivity contribution in [3.63, 3.8) is 0 Å². The van der Waals surface area contributed by atoms with E-state index in [1.807, 2.05) is 38.1 Å². The van der Waals surface area contributed by atoms with Gasteiger partial charge >= 0.3 is 6.01 Å². The topological polar surface area (TPSA) is 47.9 Å². The lowest BCUT2D eigenvalue weighted by Crippen LogP contribution is -2.00. The van der Waals surface area contributed by atoms with E-state index in [4.69, 9.17) is 4.74 Å². The predicted molar refractivity (Wildman–Crippen MR) is 68.5 cm³/mol. The molecule has 0 fully saturated rings. The summed E-state index contributed by atoms with van der Waals surface area (Å²) in [5.74, 6) is 0.744. The number of halogens is 1. The highest BCUT2D eigenvalue weighted by atomic mass is 127. The first-order valence-corrected chi connectivity index (χ1v) is 5.85. The first-order valence-electron chi connectivity index (χ1n) is 4.77. The molecule has 0 radical (unpaired) electrons. The lowest BCUT2D eigenvalue weighted by atomic mass is 10.3. The molecule has 1 aromatic heterocycles. The van der Waals surface area contributed by atoms with Crippen LogP contribution in [0.25, 0.3) is 0 Å². The maximum Gasteiger partial charge on any atom is 0.341 e. The minimum absolute atomic E-state index is 0.284. The van der Waals surface area contributed by atoms with Crippen LogP contribution in [0.3, 0.4) is 0 Å². The van der Waals surface area contributed by atoms with Crippen molar-refractivity contribution < 1.29 is 4.74 Å². The third-order valence-corrected chi connectivity index (χ3v) is 3.00. The number of nitrogens with zero attached hydrogens (tertiary/aromatic N) is 3. The fourth-order valence-corrected chi connectivity index (χ4v) is 1.60. The van der Waals surface area contributed by atoms with E-state index >= 15 is 0 Å². The van der Waals surface area contributed by atoms with Crippen molar-refractivity contribution in [2.45, 2.75) is 13.8 Å². The number of aryl methyl sites for hydroxylation is 2.